The van der Waals surface area contributed by atoms with Gasteiger partial charge in [-0.1, -0.05) is 300 Å². The van der Waals surface area contributed by atoms with Crippen molar-refractivity contribution in [2.45, 2.75) is 397 Å². The Balaban J connectivity index is 1.93. The van der Waals surface area contributed by atoms with E-state index >= 15 is 0 Å². The minimum Gasteiger partial charge on any atom is -0.466 e. The maximum absolute atomic E-state index is 13.1. The number of amides is 1. The van der Waals surface area contributed by atoms with E-state index in [-0.39, 0.29) is 18.5 Å². The molecule has 504 valence electrons. The van der Waals surface area contributed by atoms with Gasteiger partial charge in [0.05, 0.1) is 32.0 Å². The van der Waals surface area contributed by atoms with Crippen LogP contribution in [0.3, 0.4) is 0 Å². The van der Waals surface area contributed by atoms with Gasteiger partial charge in [-0.2, -0.15) is 0 Å². The Morgan fingerprint density at radius 1 is 0.430 bits per heavy atom. The fourth-order valence-corrected chi connectivity index (χ4v) is 11.6. The highest BCUT2D eigenvalue weighted by molar-refractivity contribution is 5.76. The maximum atomic E-state index is 13.1. The maximum Gasteiger partial charge on any atom is 0.305 e. The topological polar surface area (TPSA) is 175 Å². The van der Waals surface area contributed by atoms with E-state index < -0.39 is 49.5 Å². The van der Waals surface area contributed by atoms with Crippen LogP contribution in [0.15, 0.2) is 48.6 Å². The third-order valence-electron chi connectivity index (χ3n) is 17.4. The number of rotatable bonds is 65. The Bertz CT molecular complexity index is 1570. The van der Waals surface area contributed by atoms with Crippen molar-refractivity contribution in [1.29, 1.82) is 0 Å². The van der Waals surface area contributed by atoms with Crippen molar-refractivity contribution in [3.63, 3.8) is 0 Å². The number of aliphatic hydroxyl groups is 5. The fraction of sp³-hybridized carbons (Fsp3) is 0.867. The molecule has 0 aromatic carbocycles. The molecule has 0 aromatic rings. The molecule has 1 heterocycles. The van der Waals surface area contributed by atoms with Crippen molar-refractivity contribution in [1.82, 2.24) is 5.32 Å². The van der Waals surface area contributed by atoms with Crippen LogP contribution in [0, 0.1) is 0 Å². The fourth-order valence-electron chi connectivity index (χ4n) is 11.6. The number of ether oxygens (including phenoxy) is 3. The lowest BCUT2D eigenvalue weighted by molar-refractivity contribution is -0.302. The molecule has 1 aliphatic rings. The van der Waals surface area contributed by atoms with Gasteiger partial charge in [0.15, 0.2) is 6.29 Å². The van der Waals surface area contributed by atoms with Crippen molar-refractivity contribution >= 4 is 11.9 Å². The molecule has 1 amide bonds. The Morgan fingerprint density at radius 3 is 1.21 bits per heavy atom. The van der Waals surface area contributed by atoms with E-state index in [1.165, 1.54) is 263 Å². The van der Waals surface area contributed by atoms with E-state index in [1.807, 2.05) is 6.08 Å². The molecular formula is C75H139NO10. The lowest BCUT2D eigenvalue weighted by Crippen LogP contribution is -2.60. The highest BCUT2D eigenvalue weighted by Gasteiger charge is 2.44. The van der Waals surface area contributed by atoms with Gasteiger partial charge in [-0.3, -0.25) is 9.59 Å². The second-order valence-corrected chi connectivity index (χ2v) is 25.6. The van der Waals surface area contributed by atoms with Crippen molar-refractivity contribution in [2.75, 3.05) is 19.8 Å². The quantitative estimate of drug-likeness (QED) is 0.0195. The van der Waals surface area contributed by atoms with E-state index in [1.54, 1.807) is 6.08 Å². The zero-order valence-electron chi connectivity index (χ0n) is 56.0. The minimum atomic E-state index is -1.57. The van der Waals surface area contributed by atoms with Gasteiger partial charge in [-0.05, 0) is 89.9 Å². The zero-order valence-corrected chi connectivity index (χ0v) is 56.0. The molecule has 1 rings (SSSR count). The van der Waals surface area contributed by atoms with Gasteiger partial charge >= 0.3 is 5.97 Å². The van der Waals surface area contributed by atoms with Crippen LogP contribution < -0.4 is 5.32 Å². The standard InChI is InChI=1S/C75H139NO10/c1-3-5-7-9-11-13-15-43-47-51-55-59-63-71(80)84-64-60-56-52-48-44-40-38-36-34-32-30-28-26-24-22-20-18-16-17-19-21-23-25-27-29-31-33-35-37-39-42-46-50-54-58-62-70(79)76-67(66-85-75-74(83)73(82)72(81)69(65-77)86-75)68(78)61-57-53-49-45-41-14-12-10-8-6-4-2/h11,13,18,20,24,26,57,61,67-69,72-75,77-78,81-83H,3-10,12,14-17,19,21-23,25,27-56,58-60,62-66H2,1-2H3,(H,76,79)/b13-11-,20-18-,26-24-,61-57+. The molecule has 1 fully saturated rings. The predicted molar refractivity (Wildman–Crippen MR) is 361 cm³/mol. The number of carbonyl (C=O) groups is 2. The molecular weight excluding hydrogens is 1070 g/mol. The van der Waals surface area contributed by atoms with Gasteiger partial charge in [-0.25, -0.2) is 0 Å². The van der Waals surface area contributed by atoms with Gasteiger partial charge in [0, 0.05) is 12.8 Å². The summed E-state index contributed by atoms with van der Waals surface area (Å²) in [5, 5.41) is 54.4. The molecule has 7 atom stereocenters. The summed E-state index contributed by atoms with van der Waals surface area (Å²) in [5.74, 6) is -0.179. The van der Waals surface area contributed by atoms with Crippen molar-refractivity contribution in [2.24, 2.45) is 0 Å². The molecule has 6 N–H and O–H groups in total. The number of unbranched alkanes of at least 4 members (excludes halogenated alkanes) is 45. The van der Waals surface area contributed by atoms with Crippen LogP contribution in [-0.4, -0.2) is 100 Å². The number of hydrogen-bond acceptors (Lipinski definition) is 10. The minimum absolute atomic E-state index is 0.0000251. The van der Waals surface area contributed by atoms with Crippen LogP contribution in [-0.2, 0) is 23.8 Å². The zero-order chi connectivity index (χ0) is 62.3. The molecule has 1 aliphatic heterocycles. The number of carbonyl (C=O) groups excluding carboxylic acids is 2. The molecule has 0 spiro atoms. The lowest BCUT2D eigenvalue weighted by atomic mass is 9.99. The molecule has 0 aliphatic carbocycles. The monoisotopic (exact) mass is 1210 g/mol. The molecule has 11 nitrogen and oxygen atoms in total. The first-order chi connectivity index (χ1) is 42.2. The third-order valence-corrected chi connectivity index (χ3v) is 17.4. The average molecular weight is 1210 g/mol. The first-order valence-electron chi connectivity index (χ1n) is 36.9. The first kappa shape index (κ1) is 81.6. The van der Waals surface area contributed by atoms with Gasteiger partial charge in [0.1, 0.15) is 24.4 Å². The summed E-state index contributed by atoms with van der Waals surface area (Å²) in [7, 11) is 0. The number of esters is 1. The third kappa shape index (κ3) is 52.4. The summed E-state index contributed by atoms with van der Waals surface area (Å²) in [6.07, 6.45) is 74.1. The largest absolute Gasteiger partial charge is 0.466 e. The summed E-state index contributed by atoms with van der Waals surface area (Å²) in [5.41, 5.74) is 0. The van der Waals surface area contributed by atoms with Gasteiger partial charge in [-0.15, -0.1) is 0 Å². The lowest BCUT2D eigenvalue weighted by Gasteiger charge is -2.40. The van der Waals surface area contributed by atoms with E-state index in [0.717, 1.165) is 64.2 Å². The second-order valence-electron chi connectivity index (χ2n) is 25.6. The predicted octanol–water partition coefficient (Wildman–Crippen LogP) is 19.1. The molecule has 0 aromatic heterocycles. The highest BCUT2D eigenvalue weighted by Crippen LogP contribution is 2.23. The van der Waals surface area contributed by atoms with Crippen molar-refractivity contribution in [3.05, 3.63) is 48.6 Å². The Hall–Kier alpha value is -2.38. The van der Waals surface area contributed by atoms with Crippen molar-refractivity contribution in [3.8, 4) is 0 Å². The Morgan fingerprint density at radius 2 is 0.779 bits per heavy atom. The van der Waals surface area contributed by atoms with Gasteiger partial charge in [0.25, 0.3) is 0 Å². The van der Waals surface area contributed by atoms with Gasteiger partial charge in [0.2, 0.25) is 5.91 Å². The molecule has 11 heteroatoms. The first-order valence-corrected chi connectivity index (χ1v) is 36.9. The number of hydrogen-bond donors (Lipinski definition) is 6. The van der Waals surface area contributed by atoms with Crippen LogP contribution in [0.2, 0.25) is 0 Å². The number of allylic oxidation sites excluding steroid dienone is 7. The molecule has 0 bridgehead atoms. The van der Waals surface area contributed by atoms with Crippen molar-refractivity contribution < 1.29 is 49.3 Å². The Kier molecular flexibility index (Phi) is 60.9. The van der Waals surface area contributed by atoms with Crippen LogP contribution in [0.4, 0.5) is 0 Å². The molecule has 1 saturated heterocycles. The summed E-state index contributed by atoms with van der Waals surface area (Å²) in [6.45, 7) is 4.34. The number of aliphatic hydroxyl groups excluding tert-OH is 5. The molecule has 0 radical (unpaired) electrons. The molecule has 86 heavy (non-hydrogen) atoms. The van der Waals surface area contributed by atoms with E-state index in [9.17, 15) is 35.1 Å². The Labute approximate surface area is 529 Å². The van der Waals surface area contributed by atoms with Crippen LogP contribution >= 0.6 is 0 Å². The summed E-state index contributed by atoms with van der Waals surface area (Å²) in [4.78, 5) is 25.1. The van der Waals surface area contributed by atoms with Crippen LogP contribution in [0.1, 0.15) is 354 Å². The summed E-state index contributed by atoms with van der Waals surface area (Å²) >= 11 is 0. The van der Waals surface area contributed by atoms with Crippen LogP contribution in [0.25, 0.3) is 0 Å². The van der Waals surface area contributed by atoms with E-state index in [4.69, 9.17) is 14.2 Å². The normalized spacial score (nSPS) is 18.2. The highest BCUT2D eigenvalue weighted by atomic mass is 16.7. The number of nitrogens with one attached hydrogen (secondary N) is 1. The van der Waals surface area contributed by atoms with E-state index in [0.29, 0.717) is 19.4 Å². The average Bonchev–Trinajstić information content (AvgIpc) is 2.75. The second kappa shape index (κ2) is 64.2. The van der Waals surface area contributed by atoms with Crippen LogP contribution in [0.5, 0.6) is 0 Å². The van der Waals surface area contributed by atoms with E-state index in [2.05, 4.69) is 55.6 Å². The molecule has 7 unspecified atom stereocenters. The van der Waals surface area contributed by atoms with Gasteiger partial charge < -0.3 is 45.1 Å². The summed E-state index contributed by atoms with van der Waals surface area (Å²) in [6, 6.07) is -0.808. The smallest absolute Gasteiger partial charge is 0.305 e. The SMILES string of the molecule is CCCCC/C=C\CCCCCCCC(=O)OCCCCCCCCCCCCC/C=C\C/C=C\CCCCCCCCCCCCCCCCCCCC(=O)NC(COC1OC(CO)C(O)C(O)C1O)C(O)/C=C/CCCCCCCCCCC. The molecule has 0 saturated carbocycles. The summed E-state index contributed by atoms with van der Waals surface area (Å²) < 4.78 is 16.7.